The SMILES string of the molecule is Nc1ncc(NC(=O)c2ccccc2O)s1. The fourth-order valence-electron chi connectivity index (χ4n) is 1.19. The van der Waals surface area contributed by atoms with Crippen LogP contribution in [0.3, 0.4) is 0 Å². The molecule has 0 aliphatic heterocycles. The molecule has 82 valence electrons. The number of para-hydroxylation sites is 1. The number of aromatic nitrogens is 1. The summed E-state index contributed by atoms with van der Waals surface area (Å²) in [6.07, 6.45) is 1.47. The molecule has 2 rings (SSSR count). The predicted molar refractivity (Wildman–Crippen MR) is 62.6 cm³/mol. The number of hydrogen-bond donors (Lipinski definition) is 3. The molecular weight excluding hydrogens is 226 g/mol. The van der Waals surface area contributed by atoms with Crippen molar-refractivity contribution < 1.29 is 9.90 Å². The van der Waals surface area contributed by atoms with E-state index in [0.29, 0.717) is 10.1 Å². The van der Waals surface area contributed by atoms with Crippen molar-refractivity contribution in [3.63, 3.8) is 0 Å². The Morgan fingerprint density at radius 1 is 1.44 bits per heavy atom. The first-order valence-electron chi connectivity index (χ1n) is 4.47. The highest BCUT2D eigenvalue weighted by Crippen LogP contribution is 2.22. The van der Waals surface area contributed by atoms with Gasteiger partial charge in [0, 0.05) is 0 Å². The van der Waals surface area contributed by atoms with Crippen LogP contribution in [0, 0.1) is 0 Å². The number of benzene rings is 1. The lowest BCUT2D eigenvalue weighted by Gasteiger charge is -2.03. The second kappa shape index (κ2) is 4.19. The van der Waals surface area contributed by atoms with Gasteiger partial charge < -0.3 is 16.2 Å². The third-order valence-corrected chi connectivity index (χ3v) is 2.65. The lowest BCUT2D eigenvalue weighted by molar-refractivity contribution is 0.102. The van der Waals surface area contributed by atoms with Gasteiger partial charge in [0.1, 0.15) is 10.8 Å². The zero-order valence-electron chi connectivity index (χ0n) is 8.18. The molecule has 0 spiro atoms. The molecule has 1 amide bonds. The molecule has 1 heterocycles. The quantitative estimate of drug-likeness (QED) is 0.739. The van der Waals surface area contributed by atoms with E-state index in [0.717, 1.165) is 0 Å². The van der Waals surface area contributed by atoms with E-state index >= 15 is 0 Å². The van der Waals surface area contributed by atoms with Crippen molar-refractivity contribution in [3.05, 3.63) is 36.0 Å². The number of nitrogen functional groups attached to an aromatic ring is 1. The van der Waals surface area contributed by atoms with Gasteiger partial charge in [0.25, 0.3) is 5.91 Å². The monoisotopic (exact) mass is 235 g/mol. The summed E-state index contributed by atoms with van der Waals surface area (Å²) in [6.45, 7) is 0. The van der Waals surface area contributed by atoms with Crippen LogP contribution in [-0.4, -0.2) is 16.0 Å². The van der Waals surface area contributed by atoms with Crippen LogP contribution >= 0.6 is 11.3 Å². The zero-order valence-corrected chi connectivity index (χ0v) is 8.99. The second-order valence-corrected chi connectivity index (χ2v) is 4.10. The van der Waals surface area contributed by atoms with Gasteiger partial charge in [-0.05, 0) is 12.1 Å². The predicted octanol–water partition coefficient (Wildman–Crippen LogP) is 1.68. The lowest BCUT2D eigenvalue weighted by atomic mass is 10.2. The number of carbonyl (C=O) groups excluding carboxylic acids is 1. The van der Waals surface area contributed by atoms with Gasteiger partial charge in [-0.2, -0.15) is 0 Å². The maximum absolute atomic E-state index is 11.7. The van der Waals surface area contributed by atoms with Crippen LogP contribution in [0.2, 0.25) is 0 Å². The molecule has 16 heavy (non-hydrogen) atoms. The Morgan fingerprint density at radius 3 is 2.81 bits per heavy atom. The van der Waals surface area contributed by atoms with E-state index in [-0.39, 0.29) is 17.2 Å². The number of rotatable bonds is 2. The summed E-state index contributed by atoms with van der Waals surface area (Å²) in [5.74, 6) is -0.445. The summed E-state index contributed by atoms with van der Waals surface area (Å²) in [6, 6.07) is 6.32. The fourth-order valence-corrected chi connectivity index (χ4v) is 1.77. The van der Waals surface area contributed by atoms with Crippen LogP contribution < -0.4 is 11.1 Å². The Morgan fingerprint density at radius 2 is 2.19 bits per heavy atom. The van der Waals surface area contributed by atoms with E-state index in [9.17, 15) is 9.90 Å². The molecular formula is C10H9N3O2S. The molecule has 0 bridgehead atoms. The Bertz CT molecular complexity index is 524. The minimum atomic E-state index is -0.387. The Balaban J connectivity index is 2.18. The maximum Gasteiger partial charge on any atom is 0.260 e. The molecule has 1 aromatic heterocycles. The average molecular weight is 235 g/mol. The van der Waals surface area contributed by atoms with Crippen LogP contribution in [-0.2, 0) is 0 Å². The Kier molecular flexibility index (Phi) is 2.74. The molecule has 5 nitrogen and oxygen atoms in total. The third-order valence-electron chi connectivity index (χ3n) is 1.91. The minimum Gasteiger partial charge on any atom is -0.507 e. The van der Waals surface area contributed by atoms with E-state index in [2.05, 4.69) is 10.3 Å². The van der Waals surface area contributed by atoms with E-state index in [1.54, 1.807) is 12.1 Å². The van der Waals surface area contributed by atoms with Gasteiger partial charge in [-0.1, -0.05) is 23.5 Å². The summed E-state index contributed by atoms with van der Waals surface area (Å²) >= 11 is 1.17. The highest BCUT2D eigenvalue weighted by molar-refractivity contribution is 7.19. The fraction of sp³-hybridized carbons (Fsp3) is 0. The first kappa shape index (κ1) is 10.4. The first-order chi connectivity index (χ1) is 7.66. The second-order valence-electron chi connectivity index (χ2n) is 3.03. The number of thiazole rings is 1. The number of phenols is 1. The molecule has 0 saturated heterocycles. The summed E-state index contributed by atoms with van der Waals surface area (Å²) in [4.78, 5) is 15.5. The molecule has 6 heteroatoms. The van der Waals surface area contributed by atoms with Crippen molar-refractivity contribution >= 4 is 27.4 Å². The Labute approximate surface area is 95.6 Å². The molecule has 0 radical (unpaired) electrons. The van der Waals surface area contributed by atoms with Gasteiger partial charge in [-0.15, -0.1) is 0 Å². The summed E-state index contributed by atoms with van der Waals surface area (Å²) in [5.41, 5.74) is 5.65. The van der Waals surface area contributed by atoms with E-state index < -0.39 is 0 Å². The maximum atomic E-state index is 11.7. The number of amides is 1. The molecule has 4 N–H and O–H groups in total. The van der Waals surface area contributed by atoms with Crippen LogP contribution in [0.1, 0.15) is 10.4 Å². The molecule has 2 aromatic rings. The average Bonchev–Trinajstić information content (AvgIpc) is 2.64. The van der Waals surface area contributed by atoms with Crippen molar-refractivity contribution in [3.8, 4) is 5.75 Å². The summed E-state index contributed by atoms with van der Waals surface area (Å²) in [5, 5.41) is 13.0. The van der Waals surface area contributed by atoms with Crippen molar-refractivity contribution in [2.24, 2.45) is 0 Å². The third kappa shape index (κ3) is 2.12. The van der Waals surface area contributed by atoms with Crippen molar-refractivity contribution in [2.75, 3.05) is 11.1 Å². The summed E-state index contributed by atoms with van der Waals surface area (Å²) in [7, 11) is 0. The van der Waals surface area contributed by atoms with Gasteiger partial charge in [0.2, 0.25) is 0 Å². The van der Waals surface area contributed by atoms with Gasteiger partial charge >= 0.3 is 0 Å². The molecule has 0 fully saturated rings. The summed E-state index contributed by atoms with van der Waals surface area (Å²) < 4.78 is 0. The molecule has 0 aliphatic carbocycles. The number of hydrogen-bond acceptors (Lipinski definition) is 5. The first-order valence-corrected chi connectivity index (χ1v) is 5.29. The number of nitrogens with two attached hydrogens (primary N) is 1. The normalized spacial score (nSPS) is 10.0. The molecule has 1 aromatic carbocycles. The van der Waals surface area contributed by atoms with E-state index in [4.69, 9.17) is 5.73 Å². The van der Waals surface area contributed by atoms with E-state index in [1.807, 2.05) is 0 Å². The van der Waals surface area contributed by atoms with Crippen LogP contribution in [0.25, 0.3) is 0 Å². The van der Waals surface area contributed by atoms with E-state index in [1.165, 1.54) is 29.7 Å². The van der Waals surface area contributed by atoms with Gasteiger partial charge in [-0.3, -0.25) is 4.79 Å². The highest BCUT2D eigenvalue weighted by atomic mass is 32.1. The number of phenolic OH excluding ortho intramolecular Hbond substituents is 1. The smallest absolute Gasteiger partial charge is 0.260 e. The highest BCUT2D eigenvalue weighted by Gasteiger charge is 2.11. The van der Waals surface area contributed by atoms with Crippen molar-refractivity contribution in [2.45, 2.75) is 0 Å². The topological polar surface area (TPSA) is 88.2 Å². The minimum absolute atomic E-state index is 0.0579. The van der Waals surface area contributed by atoms with Crippen molar-refractivity contribution in [1.29, 1.82) is 0 Å². The molecule has 0 saturated carbocycles. The Hall–Kier alpha value is -2.08. The number of nitrogens with one attached hydrogen (secondary N) is 1. The van der Waals surface area contributed by atoms with Crippen LogP contribution in [0.5, 0.6) is 5.75 Å². The standard InChI is InChI=1S/C10H9N3O2S/c11-10-12-5-8(16-10)13-9(15)6-3-1-2-4-7(6)14/h1-5,14H,(H2,11,12)(H,13,15). The molecule has 0 unspecified atom stereocenters. The van der Waals surface area contributed by atoms with Gasteiger partial charge in [0.05, 0.1) is 11.8 Å². The number of nitrogens with zero attached hydrogens (tertiary/aromatic N) is 1. The number of carbonyl (C=O) groups is 1. The number of aromatic hydroxyl groups is 1. The van der Waals surface area contributed by atoms with Crippen molar-refractivity contribution in [1.82, 2.24) is 4.98 Å². The largest absolute Gasteiger partial charge is 0.507 e. The van der Waals surface area contributed by atoms with Gasteiger partial charge in [-0.25, -0.2) is 4.98 Å². The lowest BCUT2D eigenvalue weighted by Crippen LogP contribution is -2.10. The van der Waals surface area contributed by atoms with Crippen LogP contribution in [0.4, 0.5) is 10.1 Å². The van der Waals surface area contributed by atoms with Gasteiger partial charge in [0.15, 0.2) is 5.13 Å². The molecule has 0 atom stereocenters. The zero-order chi connectivity index (χ0) is 11.5. The number of anilines is 2. The molecule has 0 aliphatic rings. The van der Waals surface area contributed by atoms with Crippen LogP contribution in [0.15, 0.2) is 30.5 Å².